The predicted octanol–water partition coefficient (Wildman–Crippen LogP) is 2.02. The number of hydrogen-bond donors (Lipinski definition) is 0. The number of esters is 3. The molecule has 0 bridgehead atoms. The SMILES string of the molecule is COc1ccc(C(=O)C2=C[C@@H](OC(C)=O)[C@@H](OC(C)=O)[C@H](OC(C)=O)C2)c(OC)c1OC. The van der Waals surface area contributed by atoms with Gasteiger partial charge >= 0.3 is 17.9 Å². The summed E-state index contributed by atoms with van der Waals surface area (Å²) in [7, 11) is 4.24. The van der Waals surface area contributed by atoms with Gasteiger partial charge < -0.3 is 28.4 Å². The fraction of sp³-hybridized carbons (Fsp3) is 0.455. The Balaban J connectivity index is 2.56. The second-order valence-electron chi connectivity index (χ2n) is 6.90. The lowest BCUT2D eigenvalue weighted by atomic mass is 9.87. The van der Waals surface area contributed by atoms with Crippen LogP contribution in [0.2, 0.25) is 0 Å². The van der Waals surface area contributed by atoms with E-state index in [1.807, 2.05) is 0 Å². The standard InChI is InChI=1S/C22H26O10/c1-11(23)30-17-9-14(10-18(31-12(2)24)21(17)32-13(3)25)19(26)15-7-8-16(27-4)22(29-6)20(15)28-5/h7-9,17-18,21H,10H2,1-6H3/t17-,18-,21-/m1/s1. The maximum atomic E-state index is 13.4. The Morgan fingerprint density at radius 2 is 1.38 bits per heavy atom. The lowest BCUT2D eigenvalue weighted by Gasteiger charge is -2.34. The van der Waals surface area contributed by atoms with Crippen LogP contribution in [0.1, 0.15) is 37.6 Å². The summed E-state index contributed by atoms with van der Waals surface area (Å²) in [6.07, 6.45) is -1.99. The van der Waals surface area contributed by atoms with Gasteiger partial charge in [0.05, 0.1) is 26.9 Å². The third kappa shape index (κ3) is 5.57. The molecule has 0 heterocycles. The van der Waals surface area contributed by atoms with E-state index in [4.69, 9.17) is 28.4 Å². The van der Waals surface area contributed by atoms with E-state index in [0.717, 1.165) is 0 Å². The summed E-state index contributed by atoms with van der Waals surface area (Å²) in [5.41, 5.74) is 0.335. The predicted molar refractivity (Wildman–Crippen MR) is 110 cm³/mol. The molecular formula is C22H26O10. The lowest BCUT2D eigenvalue weighted by Crippen LogP contribution is -2.47. The highest BCUT2D eigenvalue weighted by atomic mass is 16.6. The molecule has 1 aromatic carbocycles. The van der Waals surface area contributed by atoms with Crippen molar-refractivity contribution >= 4 is 23.7 Å². The molecule has 1 aliphatic carbocycles. The largest absolute Gasteiger partial charge is 0.493 e. The molecule has 1 aromatic rings. The molecule has 1 aliphatic rings. The van der Waals surface area contributed by atoms with E-state index in [2.05, 4.69) is 0 Å². The molecule has 10 heteroatoms. The maximum Gasteiger partial charge on any atom is 0.303 e. The molecule has 0 N–H and O–H groups in total. The normalized spacial score (nSPS) is 19.8. The van der Waals surface area contributed by atoms with E-state index in [-0.39, 0.29) is 29.1 Å². The van der Waals surface area contributed by atoms with Gasteiger partial charge in [-0.25, -0.2) is 0 Å². The van der Waals surface area contributed by atoms with Crippen molar-refractivity contribution in [1.82, 2.24) is 0 Å². The molecular weight excluding hydrogens is 424 g/mol. The van der Waals surface area contributed by atoms with Gasteiger partial charge in [-0.05, 0) is 18.2 Å². The molecule has 0 amide bonds. The quantitative estimate of drug-likeness (QED) is 0.330. The summed E-state index contributed by atoms with van der Waals surface area (Å²) in [5, 5.41) is 0. The maximum absolute atomic E-state index is 13.4. The zero-order chi connectivity index (χ0) is 24.0. The van der Waals surface area contributed by atoms with Crippen LogP contribution in [0.4, 0.5) is 0 Å². The van der Waals surface area contributed by atoms with Crippen LogP contribution >= 0.6 is 0 Å². The third-order valence-corrected chi connectivity index (χ3v) is 4.64. The second-order valence-corrected chi connectivity index (χ2v) is 6.90. The Morgan fingerprint density at radius 3 is 1.88 bits per heavy atom. The van der Waals surface area contributed by atoms with Gasteiger partial charge in [-0.2, -0.15) is 0 Å². The van der Waals surface area contributed by atoms with Gasteiger partial charge in [-0.15, -0.1) is 0 Å². The Morgan fingerprint density at radius 1 is 0.781 bits per heavy atom. The Kier molecular flexibility index (Phi) is 8.22. The number of benzene rings is 1. The van der Waals surface area contributed by atoms with Crippen LogP contribution < -0.4 is 14.2 Å². The van der Waals surface area contributed by atoms with Gasteiger partial charge in [0.25, 0.3) is 0 Å². The van der Waals surface area contributed by atoms with Crippen LogP contribution in [0.3, 0.4) is 0 Å². The topological polar surface area (TPSA) is 124 Å². The van der Waals surface area contributed by atoms with Gasteiger partial charge in [0.1, 0.15) is 6.10 Å². The Hall–Kier alpha value is -3.56. The van der Waals surface area contributed by atoms with E-state index in [0.29, 0.717) is 5.75 Å². The van der Waals surface area contributed by atoms with Gasteiger partial charge in [-0.1, -0.05) is 0 Å². The van der Waals surface area contributed by atoms with Crippen LogP contribution in [-0.4, -0.2) is 63.3 Å². The molecule has 0 radical (unpaired) electrons. The minimum Gasteiger partial charge on any atom is -0.493 e. The molecule has 32 heavy (non-hydrogen) atoms. The van der Waals surface area contributed by atoms with Crippen LogP contribution in [-0.2, 0) is 28.6 Å². The fourth-order valence-corrected chi connectivity index (χ4v) is 3.48. The first kappa shape index (κ1) is 24.7. The number of carbonyl (C=O) groups is 4. The van der Waals surface area contributed by atoms with E-state index in [1.165, 1.54) is 54.2 Å². The summed E-state index contributed by atoms with van der Waals surface area (Å²) in [6, 6.07) is 3.05. The summed E-state index contributed by atoms with van der Waals surface area (Å²) in [4.78, 5) is 48.3. The van der Waals surface area contributed by atoms with Crippen molar-refractivity contribution in [2.45, 2.75) is 45.5 Å². The van der Waals surface area contributed by atoms with Crippen molar-refractivity contribution in [1.29, 1.82) is 0 Å². The molecule has 2 rings (SSSR count). The van der Waals surface area contributed by atoms with Crippen LogP contribution in [0, 0.1) is 0 Å². The molecule has 0 aromatic heterocycles. The summed E-state index contributed by atoms with van der Waals surface area (Å²) >= 11 is 0. The molecule has 10 nitrogen and oxygen atoms in total. The average molecular weight is 450 g/mol. The van der Waals surface area contributed by atoms with Gasteiger partial charge in [0.2, 0.25) is 5.75 Å². The Labute approximate surface area is 185 Å². The Bertz CT molecular complexity index is 933. The van der Waals surface area contributed by atoms with Gasteiger partial charge in [0, 0.05) is 32.8 Å². The molecule has 0 saturated carbocycles. The lowest BCUT2D eigenvalue weighted by molar-refractivity contribution is -0.180. The highest BCUT2D eigenvalue weighted by Gasteiger charge is 2.42. The minimum absolute atomic E-state index is 0.0778. The number of hydrogen-bond acceptors (Lipinski definition) is 10. The van der Waals surface area contributed by atoms with Crippen molar-refractivity contribution in [3.8, 4) is 17.2 Å². The molecule has 0 fully saturated rings. The van der Waals surface area contributed by atoms with Crippen molar-refractivity contribution in [2.75, 3.05) is 21.3 Å². The van der Waals surface area contributed by atoms with Crippen LogP contribution in [0.15, 0.2) is 23.8 Å². The average Bonchev–Trinajstić information content (AvgIpc) is 2.72. The van der Waals surface area contributed by atoms with Gasteiger partial charge in [-0.3, -0.25) is 19.2 Å². The molecule has 0 unspecified atom stereocenters. The van der Waals surface area contributed by atoms with Crippen molar-refractivity contribution in [3.05, 3.63) is 29.3 Å². The highest BCUT2D eigenvalue weighted by Crippen LogP contribution is 2.41. The molecule has 0 spiro atoms. The third-order valence-electron chi connectivity index (χ3n) is 4.64. The van der Waals surface area contributed by atoms with E-state index < -0.39 is 42.0 Å². The van der Waals surface area contributed by atoms with E-state index in [9.17, 15) is 19.2 Å². The van der Waals surface area contributed by atoms with Crippen molar-refractivity contribution in [2.24, 2.45) is 0 Å². The smallest absolute Gasteiger partial charge is 0.303 e. The fourth-order valence-electron chi connectivity index (χ4n) is 3.48. The second kappa shape index (κ2) is 10.7. The first-order chi connectivity index (χ1) is 15.1. The molecule has 0 aliphatic heterocycles. The number of rotatable bonds is 8. The first-order valence-electron chi connectivity index (χ1n) is 9.68. The van der Waals surface area contributed by atoms with Crippen LogP contribution in [0.25, 0.3) is 0 Å². The molecule has 3 atom stereocenters. The number of ketones is 1. The number of carbonyl (C=O) groups excluding carboxylic acids is 4. The van der Waals surface area contributed by atoms with Crippen molar-refractivity contribution < 1.29 is 47.6 Å². The summed E-state index contributed by atoms with van der Waals surface area (Å²) in [6.45, 7) is 3.53. The summed E-state index contributed by atoms with van der Waals surface area (Å²) < 4.78 is 31.8. The van der Waals surface area contributed by atoms with Crippen molar-refractivity contribution in [3.63, 3.8) is 0 Å². The molecule has 0 saturated heterocycles. The van der Waals surface area contributed by atoms with E-state index in [1.54, 1.807) is 6.07 Å². The minimum atomic E-state index is -1.14. The highest BCUT2D eigenvalue weighted by molar-refractivity contribution is 6.11. The zero-order valence-corrected chi connectivity index (χ0v) is 18.8. The van der Waals surface area contributed by atoms with Gasteiger partial charge in [0.15, 0.2) is 29.5 Å². The number of Topliss-reactive ketones (excluding diaryl/α,β-unsaturated/α-hetero) is 1. The monoisotopic (exact) mass is 450 g/mol. The zero-order valence-electron chi connectivity index (χ0n) is 18.8. The van der Waals surface area contributed by atoms with E-state index >= 15 is 0 Å². The summed E-state index contributed by atoms with van der Waals surface area (Å²) in [5.74, 6) is -1.71. The number of methoxy groups -OCH3 is 3. The van der Waals surface area contributed by atoms with Crippen LogP contribution in [0.5, 0.6) is 17.2 Å². The molecule has 174 valence electrons. The number of ether oxygens (including phenoxy) is 6. The first-order valence-corrected chi connectivity index (χ1v) is 9.68.